The Morgan fingerprint density at radius 1 is 1.24 bits per heavy atom. The van der Waals surface area contributed by atoms with Crippen molar-refractivity contribution in [3.8, 4) is 16.3 Å². The molecule has 34 heavy (non-hydrogen) atoms. The van der Waals surface area contributed by atoms with Crippen LogP contribution in [-0.2, 0) is 11.0 Å². The van der Waals surface area contributed by atoms with Gasteiger partial charge in [0, 0.05) is 5.02 Å². The van der Waals surface area contributed by atoms with Gasteiger partial charge in [-0.1, -0.05) is 34.4 Å². The summed E-state index contributed by atoms with van der Waals surface area (Å²) in [5.41, 5.74) is 3.92. The fourth-order valence-corrected chi connectivity index (χ4v) is 4.03. The van der Waals surface area contributed by atoms with Gasteiger partial charge in [-0.2, -0.15) is 18.3 Å². The van der Waals surface area contributed by atoms with E-state index in [2.05, 4.69) is 15.2 Å². The number of alkyl halides is 3. The molecule has 0 aliphatic carbocycles. The third-order valence-electron chi connectivity index (χ3n) is 4.45. The summed E-state index contributed by atoms with van der Waals surface area (Å²) in [5.74, 6) is -1.22. The zero-order chi connectivity index (χ0) is 24.6. The predicted octanol–water partition coefficient (Wildman–Crippen LogP) is 5.27. The lowest BCUT2D eigenvalue weighted by Crippen LogP contribution is -2.17. The van der Waals surface area contributed by atoms with Crippen LogP contribution in [-0.4, -0.2) is 33.5 Å². The van der Waals surface area contributed by atoms with Gasteiger partial charge in [0.2, 0.25) is 0 Å². The number of ether oxygens (including phenoxy) is 1. The molecule has 0 unspecified atom stereocenters. The van der Waals surface area contributed by atoms with E-state index in [0.29, 0.717) is 20.2 Å². The van der Waals surface area contributed by atoms with E-state index < -0.39 is 28.6 Å². The van der Waals surface area contributed by atoms with Crippen molar-refractivity contribution in [1.29, 1.82) is 0 Å². The van der Waals surface area contributed by atoms with Crippen molar-refractivity contribution < 1.29 is 27.5 Å². The maximum absolute atomic E-state index is 13.7. The van der Waals surface area contributed by atoms with Gasteiger partial charge >= 0.3 is 12.1 Å². The van der Waals surface area contributed by atoms with Crippen LogP contribution in [0, 0.1) is 0 Å². The van der Waals surface area contributed by atoms with Crippen LogP contribution in [0.2, 0.25) is 10.0 Å². The highest BCUT2D eigenvalue weighted by Gasteiger charge is 2.37. The zero-order valence-corrected chi connectivity index (χ0v) is 19.3. The highest BCUT2D eigenvalue weighted by molar-refractivity contribution is 7.13. The predicted molar refractivity (Wildman–Crippen MR) is 120 cm³/mol. The van der Waals surface area contributed by atoms with E-state index in [1.54, 1.807) is 23.6 Å². The number of fused-ring (bicyclic) bond motifs is 1. The molecule has 1 aromatic carbocycles. The second kappa shape index (κ2) is 9.12. The Hall–Kier alpha value is -3.35. The third kappa shape index (κ3) is 4.52. The van der Waals surface area contributed by atoms with Crippen molar-refractivity contribution in [2.45, 2.75) is 6.18 Å². The summed E-state index contributed by atoms with van der Waals surface area (Å²) < 4.78 is 46.7. The first-order chi connectivity index (χ1) is 16.1. The largest absolute Gasteiger partial charge is 0.496 e. The van der Waals surface area contributed by atoms with Crippen molar-refractivity contribution in [3.05, 3.63) is 68.8 Å². The second-order valence-electron chi connectivity index (χ2n) is 6.60. The monoisotopic (exact) mass is 529 g/mol. The lowest BCUT2D eigenvalue weighted by atomic mass is 10.2. The normalized spacial score (nSPS) is 12.2. The van der Waals surface area contributed by atoms with Crippen LogP contribution in [0.4, 0.5) is 13.2 Å². The molecule has 176 valence electrons. The Kier molecular flexibility index (Phi) is 6.39. The number of hydrogen-bond acceptors (Lipinski definition) is 7. The molecule has 0 amide bonds. The smallest absolute Gasteiger partial charge is 0.433 e. The molecule has 0 spiro atoms. The quantitative estimate of drug-likeness (QED) is 0.163. The number of hydrogen-bond donors (Lipinski definition) is 1. The van der Waals surface area contributed by atoms with Crippen LogP contribution in [0.25, 0.3) is 16.2 Å². The number of methoxy groups -OCH3 is 1. The summed E-state index contributed by atoms with van der Waals surface area (Å²) in [5, 5.41) is 8.75. The number of benzene rings is 1. The van der Waals surface area contributed by atoms with Crippen molar-refractivity contribution in [2.75, 3.05) is 7.11 Å². The summed E-state index contributed by atoms with van der Waals surface area (Å²) in [4.78, 5) is 22.0. The zero-order valence-electron chi connectivity index (χ0n) is 16.9. The maximum atomic E-state index is 13.7. The van der Waals surface area contributed by atoms with E-state index in [1.165, 1.54) is 30.6 Å². The highest BCUT2D eigenvalue weighted by atomic mass is 35.5. The number of carbonyl (C=O) groups excluding carboxylic acids is 1. The minimum Gasteiger partial charge on any atom is -0.496 e. The van der Waals surface area contributed by atoms with Crippen LogP contribution in [0.5, 0.6) is 5.75 Å². The molecule has 0 aliphatic rings. The van der Waals surface area contributed by atoms with Crippen LogP contribution in [0.3, 0.4) is 0 Å². The lowest BCUT2D eigenvalue weighted by molar-refractivity contribution is -0.142. The van der Waals surface area contributed by atoms with Crippen LogP contribution >= 0.6 is 34.5 Å². The van der Waals surface area contributed by atoms with Crippen molar-refractivity contribution in [1.82, 2.24) is 14.6 Å². The summed E-state index contributed by atoms with van der Waals surface area (Å²) in [6, 6.07) is 8.59. The number of carbonyl (C=O) groups is 1. The molecule has 4 rings (SSSR count). The van der Waals surface area contributed by atoms with E-state index >= 15 is 0 Å². The maximum Gasteiger partial charge on any atom is 0.433 e. The molecule has 0 atom stereocenters. The molecular weight excluding hydrogens is 518 g/mol. The van der Waals surface area contributed by atoms with Crippen LogP contribution < -0.4 is 10.5 Å². The topological polar surface area (TPSA) is 104 Å². The molecule has 2 N–H and O–H groups in total. The average molecular weight is 530 g/mol. The van der Waals surface area contributed by atoms with Crippen molar-refractivity contribution in [2.24, 2.45) is 10.9 Å². The Morgan fingerprint density at radius 2 is 2.00 bits per heavy atom. The van der Waals surface area contributed by atoms with Gasteiger partial charge in [-0.15, -0.1) is 11.3 Å². The summed E-state index contributed by atoms with van der Waals surface area (Å²) >= 11 is 13.3. The van der Waals surface area contributed by atoms with Crippen LogP contribution in [0.15, 0.2) is 46.9 Å². The van der Waals surface area contributed by atoms with Crippen LogP contribution in [0.1, 0.15) is 21.7 Å². The van der Waals surface area contributed by atoms with Gasteiger partial charge in [-0.25, -0.2) is 14.3 Å². The molecule has 0 fully saturated rings. The fraction of sp³-hybridized carbons (Fsp3) is 0.100. The molecule has 3 heterocycles. The molecule has 3 aromatic heterocycles. The first-order valence-corrected chi connectivity index (χ1v) is 10.8. The Labute approximate surface area is 203 Å². The van der Waals surface area contributed by atoms with Gasteiger partial charge in [0.05, 0.1) is 23.2 Å². The lowest BCUT2D eigenvalue weighted by Gasteiger charge is -2.10. The molecule has 4 aromatic rings. The van der Waals surface area contributed by atoms with E-state index in [1.807, 2.05) is 0 Å². The number of oxime groups is 1. The standard InChI is InChI=1S/C20H12Cl2F3N5O3S/c1-32-12-5-4-9(21)7-10(12)17(26)29-33-19(31)16-15(22)18-27-11(13-3-2-6-34-13)8-14(20(23,24)25)30(18)28-16/h2-8H,1H3,(H2,26,29). The van der Waals surface area contributed by atoms with Gasteiger partial charge in [0.1, 0.15) is 10.8 Å². The van der Waals surface area contributed by atoms with Gasteiger partial charge < -0.3 is 15.3 Å². The number of amidine groups is 1. The van der Waals surface area contributed by atoms with E-state index in [9.17, 15) is 18.0 Å². The summed E-state index contributed by atoms with van der Waals surface area (Å²) in [6.45, 7) is 0. The molecule has 0 aliphatic heterocycles. The molecule has 0 saturated heterocycles. The number of halogens is 5. The number of aromatic nitrogens is 3. The molecule has 0 radical (unpaired) electrons. The minimum atomic E-state index is -4.81. The second-order valence-corrected chi connectivity index (χ2v) is 8.36. The highest BCUT2D eigenvalue weighted by Crippen LogP contribution is 2.35. The molecule has 14 heteroatoms. The molecule has 8 nitrogen and oxygen atoms in total. The number of rotatable bonds is 5. The van der Waals surface area contributed by atoms with Gasteiger partial charge in [0.25, 0.3) is 0 Å². The van der Waals surface area contributed by atoms with Crippen molar-refractivity contribution >= 4 is 52.0 Å². The summed E-state index contributed by atoms with van der Waals surface area (Å²) in [6.07, 6.45) is -4.81. The number of nitrogens with zero attached hydrogens (tertiary/aromatic N) is 4. The SMILES string of the molecule is COc1ccc(Cl)cc1/C(N)=N/OC(=O)c1nn2c(C(F)(F)F)cc(-c3cccs3)nc2c1Cl. The molecule has 0 bridgehead atoms. The third-order valence-corrected chi connectivity index (χ3v) is 5.93. The van der Waals surface area contributed by atoms with Gasteiger partial charge in [-0.05, 0) is 35.7 Å². The first kappa shape index (κ1) is 23.8. The summed E-state index contributed by atoms with van der Waals surface area (Å²) in [7, 11) is 1.39. The Bertz CT molecular complexity index is 1420. The Balaban J connectivity index is 1.74. The van der Waals surface area contributed by atoms with E-state index in [0.717, 1.165) is 6.07 Å². The fourth-order valence-electron chi connectivity index (χ4n) is 2.94. The first-order valence-electron chi connectivity index (χ1n) is 9.19. The number of nitrogens with two attached hydrogens (primary N) is 1. The van der Waals surface area contributed by atoms with Gasteiger partial charge in [0.15, 0.2) is 22.9 Å². The minimum absolute atomic E-state index is 0.0202. The molecule has 0 saturated carbocycles. The average Bonchev–Trinajstić information content (AvgIpc) is 3.44. The molecular formula is C20H12Cl2F3N5O3S. The van der Waals surface area contributed by atoms with E-state index in [4.69, 9.17) is 38.5 Å². The van der Waals surface area contributed by atoms with Gasteiger partial charge in [-0.3, -0.25) is 0 Å². The van der Waals surface area contributed by atoms with E-state index in [-0.39, 0.29) is 22.7 Å². The number of thiophene rings is 1. The van der Waals surface area contributed by atoms with Crippen molar-refractivity contribution in [3.63, 3.8) is 0 Å². The Morgan fingerprint density at radius 3 is 2.65 bits per heavy atom.